The van der Waals surface area contributed by atoms with E-state index in [1.54, 1.807) is 12.1 Å². The van der Waals surface area contributed by atoms with Gasteiger partial charge in [-0.15, -0.1) is 0 Å². The highest BCUT2D eigenvalue weighted by atomic mass is 19.1. The van der Waals surface area contributed by atoms with E-state index < -0.39 is 0 Å². The van der Waals surface area contributed by atoms with Gasteiger partial charge < -0.3 is 9.64 Å². The van der Waals surface area contributed by atoms with E-state index in [0.717, 1.165) is 24.6 Å². The summed E-state index contributed by atoms with van der Waals surface area (Å²) in [7, 11) is 0. The Bertz CT molecular complexity index is 611. The van der Waals surface area contributed by atoms with Crippen LogP contribution in [0.25, 0.3) is 0 Å². The van der Waals surface area contributed by atoms with Crippen molar-refractivity contribution in [3.63, 3.8) is 0 Å². The van der Waals surface area contributed by atoms with Crippen LogP contribution in [0.4, 0.5) is 10.2 Å². The Morgan fingerprint density at radius 3 is 2.67 bits per heavy atom. The van der Waals surface area contributed by atoms with E-state index in [4.69, 9.17) is 4.74 Å². The molecule has 1 atom stereocenters. The molecular formula is C17H19FN2O. The number of hydrogen-bond acceptors (Lipinski definition) is 3. The average molecular weight is 286 g/mol. The molecule has 2 aromatic rings. The number of benzene rings is 1. The monoisotopic (exact) mass is 286 g/mol. The summed E-state index contributed by atoms with van der Waals surface area (Å²) in [6, 6.07) is 12.2. The summed E-state index contributed by atoms with van der Waals surface area (Å²) in [5, 5.41) is 0. The van der Waals surface area contributed by atoms with Crippen LogP contribution >= 0.6 is 0 Å². The van der Waals surface area contributed by atoms with Gasteiger partial charge in [0.05, 0.1) is 5.69 Å². The molecule has 1 aliphatic rings. The molecule has 110 valence electrons. The second-order valence-electron chi connectivity index (χ2n) is 5.33. The van der Waals surface area contributed by atoms with Gasteiger partial charge in [-0.25, -0.2) is 9.37 Å². The molecule has 0 saturated carbocycles. The number of ether oxygens (including phenoxy) is 1. The van der Waals surface area contributed by atoms with Gasteiger partial charge in [-0.3, -0.25) is 0 Å². The third-order valence-corrected chi connectivity index (χ3v) is 3.71. The Hall–Kier alpha value is -2.10. The first-order valence-corrected chi connectivity index (χ1v) is 7.36. The van der Waals surface area contributed by atoms with Crippen LogP contribution in [0.2, 0.25) is 0 Å². The molecule has 1 fully saturated rings. The number of halogens is 1. The Morgan fingerprint density at radius 1 is 1.14 bits per heavy atom. The van der Waals surface area contributed by atoms with E-state index >= 15 is 0 Å². The highest BCUT2D eigenvalue weighted by molar-refractivity contribution is 5.40. The van der Waals surface area contributed by atoms with Gasteiger partial charge in [0.2, 0.25) is 0 Å². The predicted octanol–water partition coefficient (Wildman–Crippen LogP) is 3.96. The zero-order valence-electron chi connectivity index (χ0n) is 12.1. The molecule has 0 radical (unpaired) electrons. The molecule has 2 heterocycles. The van der Waals surface area contributed by atoms with E-state index in [-0.39, 0.29) is 11.9 Å². The molecule has 1 saturated heterocycles. The maximum atomic E-state index is 13.2. The quantitative estimate of drug-likeness (QED) is 0.850. The fourth-order valence-electron chi connectivity index (χ4n) is 2.59. The number of rotatable bonds is 4. The van der Waals surface area contributed by atoms with E-state index in [2.05, 4.69) is 9.88 Å². The van der Waals surface area contributed by atoms with Crippen LogP contribution in [0, 0.1) is 5.82 Å². The summed E-state index contributed by atoms with van der Waals surface area (Å²) in [5.41, 5.74) is 0.865. The van der Waals surface area contributed by atoms with Crippen LogP contribution in [-0.4, -0.2) is 18.1 Å². The van der Waals surface area contributed by atoms with Crippen molar-refractivity contribution >= 4 is 5.82 Å². The van der Waals surface area contributed by atoms with Crippen LogP contribution in [0.3, 0.4) is 0 Å². The SMILES string of the molecule is CC(Oc1cccc(F)c1)c1cccc(N2CCCC2)n1. The molecule has 3 rings (SSSR count). The minimum absolute atomic E-state index is 0.214. The van der Waals surface area contributed by atoms with Crippen LogP contribution in [0.5, 0.6) is 5.75 Å². The number of anilines is 1. The van der Waals surface area contributed by atoms with Gasteiger partial charge in [0, 0.05) is 19.2 Å². The second-order valence-corrected chi connectivity index (χ2v) is 5.33. The third-order valence-electron chi connectivity index (χ3n) is 3.71. The van der Waals surface area contributed by atoms with Crippen LogP contribution < -0.4 is 9.64 Å². The first-order valence-electron chi connectivity index (χ1n) is 7.36. The van der Waals surface area contributed by atoms with Gasteiger partial charge in [0.25, 0.3) is 0 Å². The maximum absolute atomic E-state index is 13.2. The summed E-state index contributed by atoms with van der Waals surface area (Å²) in [6.45, 7) is 4.06. The lowest BCUT2D eigenvalue weighted by Crippen LogP contribution is -2.19. The largest absolute Gasteiger partial charge is 0.484 e. The molecule has 4 heteroatoms. The van der Waals surface area contributed by atoms with E-state index in [0.29, 0.717) is 5.75 Å². The first-order chi connectivity index (χ1) is 10.2. The lowest BCUT2D eigenvalue weighted by molar-refractivity contribution is 0.221. The second kappa shape index (κ2) is 6.12. The minimum Gasteiger partial charge on any atom is -0.484 e. The van der Waals surface area contributed by atoms with E-state index in [1.807, 2.05) is 25.1 Å². The van der Waals surface area contributed by atoms with Crippen LogP contribution in [-0.2, 0) is 0 Å². The molecule has 3 nitrogen and oxygen atoms in total. The minimum atomic E-state index is -0.293. The fourth-order valence-corrected chi connectivity index (χ4v) is 2.59. The third kappa shape index (κ3) is 3.32. The molecule has 1 unspecified atom stereocenters. The van der Waals surface area contributed by atoms with Gasteiger partial charge in [0.15, 0.2) is 0 Å². The van der Waals surface area contributed by atoms with E-state index in [1.165, 1.54) is 25.0 Å². The van der Waals surface area contributed by atoms with Crippen molar-refractivity contribution < 1.29 is 9.13 Å². The molecule has 0 amide bonds. The van der Waals surface area contributed by atoms with Crippen molar-refractivity contribution in [2.24, 2.45) is 0 Å². The lowest BCUT2D eigenvalue weighted by Gasteiger charge is -2.19. The van der Waals surface area contributed by atoms with Gasteiger partial charge in [-0.1, -0.05) is 12.1 Å². The number of hydrogen-bond donors (Lipinski definition) is 0. The van der Waals surface area contributed by atoms with Crippen molar-refractivity contribution in [2.45, 2.75) is 25.9 Å². The smallest absolute Gasteiger partial charge is 0.138 e. The number of nitrogens with zero attached hydrogens (tertiary/aromatic N) is 2. The summed E-state index contributed by atoms with van der Waals surface area (Å²) >= 11 is 0. The zero-order chi connectivity index (χ0) is 14.7. The summed E-state index contributed by atoms with van der Waals surface area (Å²) in [4.78, 5) is 6.97. The Labute approximate surface area is 124 Å². The Balaban J connectivity index is 1.75. The molecule has 1 aromatic heterocycles. The standard InChI is InChI=1S/C17H19FN2O/c1-13(21-15-7-4-6-14(18)12-15)16-8-5-9-17(19-16)20-10-2-3-11-20/h4-9,12-13H,2-3,10-11H2,1H3. The summed E-state index contributed by atoms with van der Waals surface area (Å²) in [5.74, 6) is 1.23. The van der Waals surface area contributed by atoms with Crippen molar-refractivity contribution in [3.05, 3.63) is 54.0 Å². The first kappa shape index (κ1) is 13.9. The lowest BCUT2D eigenvalue weighted by atomic mass is 10.2. The Kier molecular flexibility index (Phi) is 4.04. The summed E-state index contributed by atoms with van der Waals surface area (Å²) < 4.78 is 19.0. The molecule has 0 spiro atoms. The molecular weight excluding hydrogens is 267 g/mol. The van der Waals surface area contributed by atoms with Crippen LogP contribution in [0.15, 0.2) is 42.5 Å². The van der Waals surface area contributed by atoms with Gasteiger partial charge >= 0.3 is 0 Å². The van der Waals surface area contributed by atoms with Gasteiger partial charge in [-0.05, 0) is 44.0 Å². The molecule has 21 heavy (non-hydrogen) atoms. The fraction of sp³-hybridized carbons (Fsp3) is 0.353. The highest BCUT2D eigenvalue weighted by Gasteiger charge is 2.16. The molecule has 0 N–H and O–H groups in total. The molecule has 1 aromatic carbocycles. The van der Waals surface area contributed by atoms with Crippen molar-refractivity contribution in [3.8, 4) is 5.75 Å². The van der Waals surface area contributed by atoms with Gasteiger partial charge in [0.1, 0.15) is 23.5 Å². The average Bonchev–Trinajstić information content (AvgIpc) is 3.02. The van der Waals surface area contributed by atoms with Crippen LogP contribution in [0.1, 0.15) is 31.6 Å². The topological polar surface area (TPSA) is 25.4 Å². The van der Waals surface area contributed by atoms with Crippen molar-refractivity contribution in [2.75, 3.05) is 18.0 Å². The van der Waals surface area contributed by atoms with E-state index in [9.17, 15) is 4.39 Å². The molecule has 0 bridgehead atoms. The molecule has 1 aliphatic heterocycles. The van der Waals surface area contributed by atoms with Crippen molar-refractivity contribution in [1.82, 2.24) is 4.98 Å². The Morgan fingerprint density at radius 2 is 1.90 bits per heavy atom. The normalized spacial score (nSPS) is 16.0. The highest BCUT2D eigenvalue weighted by Crippen LogP contribution is 2.24. The zero-order valence-corrected chi connectivity index (χ0v) is 12.1. The van der Waals surface area contributed by atoms with Gasteiger partial charge in [-0.2, -0.15) is 0 Å². The molecule has 0 aliphatic carbocycles. The number of pyridine rings is 1. The van der Waals surface area contributed by atoms with Crippen molar-refractivity contribution in [1.29, 1.82) is 0 Å². The summed E-state index contributed by atoms with van der Waals surface area (Å²) in [6.07, 6.45) is 2.23. The maximum Gasteiger partial charge on any atom is 0.138 e. The predicted molar refractivity (Wildman–Crippen MR) is 81.1 cm³/mol. The number of aromatic nitrogens is 1.